The van der Waals surface area contributed by atoms with E-state index in [4.69, 9.17) is 10.5 Å². The molecule has 0 aliphatic heterocycles. The van der Waals surface area contributed by atoms with Crippen molar-refractivity contribution in [2.45, 2.75) is 26.2 Å². The van der Waals surface area contributed by atoms with Crippen molar-refractivity contribution in [2.75, 3.05) is 12.3 Å². The first-order valence-electron chi connectivity index (χ1n) is 8.06. The van der Waals surface area contributed by atoms with Gasteiger partial charge in [-0.1, -0.05) is 37.6 Å². The number of nitrogens with one attached hydrogen (secondary N) is 1. The predicted molar refractivity (Wildman–Crippen MR) is 97.1 cm³/mol. The Morgan fingerprint density at radius 2 is 2.04 bits per heavy atom. The normalized spacial score (nSPS) is 10.7. The molecule has 126 valence electrons. The van der Waals surface area contributed by atoms with Crippen molar-refractivity contribution < 1.29 is 9.53 Å². The summed E-state index contributed by atoms with van der Waals surface area (Å²) in [4.78, 5) is 11.8. The average Bonchev–Trinajstić information content (AvgIpc) is 2.58. The number of unbranched alkanes of at least 4 members (excludes halogenated alkanes) is 1. The molecule has 0 atom stereocenters. The lowest BCUT2D eigenvalue weighted by molar-refractivity contribution is -0.120. The summed E-state index contributed by atoms with van der Waals surface area (Å²) in [6.07, 6.45) is 3.99. The van der Waals surface area contributed by atoms with Crippen molar-refractivity contribution in [1.82, 2.24) is 5.43 Å². The van der Waals surface area contributed by atoms with Crippen LogP contribution in [0.5, 0.6) is 5.75 Å². The molecular formula is C19H23N3O2. The number of anilines is 1. The molecule has 0 aliphatic rings. The molecule has 2 rings (SSSR count). The van der Waals surface area contributed by atoms with E-state index in [1.807, 2.05) is 36.4 Å². The van der Waals surface area contributed by atoms with E-state index in [1.165, 1.54) is 0 Å². The molecule has 1 amide bonds. The van der Waals surface area contributed by atoms with Crippen LogP contribution < -0.4 is 15.9 Å². The monoisotopic (exact) mass is 325 g/mol. The predicted octanol–water partition coefficient (Wildman–Crippen LogP) is 3.14. The van der Waals surface area contributed by atoms with Crippen molar-refractivity contribution in [1.29, 1.82) is 0 Å². The molecule has 0 unspecified atom stereocenters. The van der Waals surface area contributed by atoms with Gasteiger partial charge in [-0.3, -0.25) is 4.79 Å². The Labute approximate surface area is 142 Å². The highest BCUT2D eigenvalue weighted by Crippen LogP contribution is 2.12. The molecule has 2 aromatic rings. The van der Waals surface area contributed by atoms with Gasteiger partial charge in [0.2, 0.25) is 5.91 Å². The molecule has 0 aliphatic carbocycles. The number of nitrogens with two attached hydrogens (primary N) is 1. The van der Waals surface area contributed by atoms with E-state index in [0.717, 1.165) is 29.7 Å². The molecule has 2 aromatic carbocycles. The highest BCUT2D eigenvalue weighted by Gasteiger charge is 2.01. The summed E-state index contributed by atoms with van der Waals surface area (Å²) in [6.45, 7) is 2.83. The van der Waals surface area contributed by atoms with Gasteiger partial charge in [0.15, 0.2) is 0 Å². The van der Waals surface area contributed by atoms with Crippen LogP contribution >= 0.6 is 0 Å². The van der Waals surface area contributed by atoms with Crippen LogP contribution in [-0.4, -0.2) is 18.7 Å². The molecule has 0 saturated carbocycles. The lowest BCUT2D eigenvalue weighted by Gasteiger charge is -2.05. The van der Waals surface area contributed by atoms with Gasteiger partial charge < -0.3 is 10.5 Å². The van der Waals surface area contributed by atoms with E-state index in [0.29, 0.717) is 12.3 Å². The van der Waals surface area contributed by atoms with Crippen LogP contribution in [0.25, 0.3) is 0 Å². The minimum Gasteiger partial charge on any atom is -0.494 e. The van der Waals surface area contributed by atoms with E-state index in [9.17, 15) is 4.79 Å². The zero-order valence-corrected chi connectivity index (χ0v) is 13.9. The number of nitrogen functional groups attached to an aromatic ring is 1. The summed E-state index contributed by atoms with van der Waals surface area (Å²) < 4.78 is 5.64. The van der Waals surface area contributed by atoms with E-state index < -0.39 is 0 Å². The molecule has 0 radical (unpaired) electrons. The highest BCUT2D eigenvalue weighted by atomic mass is 16.5. The van der Waals surface area contributed by atoms with Crippen molar-refractivity contribution >= 4 is 17.8 Å². The Bertz CT molecular complexity index is 681. The summed E-state index contributed by atoms with van der Waals surface area (Å²) in [5.74, 6) is 0.631. The van der Waals surface area contributed by atoms with E-state index in [2.05, 4.69) is 17.5 Å². The van der Waals surface area contributed by atoms with Crippen molar-refractivity contribution in [3.63, 3.8) is 0 Å². The first-order chi connectivity index (χ1) is 11.7. The standard InChI is InChI=1S/C19H23N3O2/c1-2-3-11-24-18-6-4-5-16(12-18)14-21-22-19(23)13-15-7-9-17(20)10-8-15/h4-10,12,14H,2-3,11,13,20H2,1H3,(H,22,23)/b21-14-. The molecule has 0 aromatic heterocycles. The van der Waals surface area contributed by atoms with Crippen LogP contribution in [0.2, 0.25) is 0 Å². The number of amides is 1. The fourth-order valence-electron chi connectivity index (χ4n) is 2.06. The van der Waals surface area contributed by atoms with E-state index in [-0.39, 0.29) is 12.3 Å². The van der Waals surface area contributed by atoms with Gasteiger partial charge >= 0.3 is 0 Å². The average molecular weight is 325 g/mol. The maximum Gasteiger partial charge on any atom is 0.244 e. The molecule has 0 saturated heterocycles. The fraction of sp³-hybridized carbons (Fsp3) is 0.263. The smallest absolute Gasteiger partial charge is 0.244 e. The van der Waals surface area contributed by atoms with Crippen LogP contribution in [0.15, 0.2) is 53.6 Å². The summed E-state index contributed by atoms with van der Waals surface area (Å²) >= 11 is 0. The molecule has 0 bridgehead atoms. The minimum absolute atomic E-state index is 0.175. The number of ether oxygens (including phenoxy) is 1. The number of benzene rings is 2. The molecule has 5 heteroatoms. The highest BCUT2D eigenvalue weighted by molar-refractivity contribution is 5.83. The Morgan fingerprint density at radius 3 is 2.79 bits per heavy atom. The van der Waals surface area contributed by atoms with Crippen LogP contribution in [0.1, 0.15) is 30.9 Å². The third-order valence-corrected chi connectivity index (χ3v) is 3.37. The first kappa shape index (κ1) is 17.5. The molecule has 24 heavy (non-hydrogen) atoms. The number of hydrogen-bond acceptors (Lipinski definition) is 4. The number of nitrogens with zero attached hydrogens (tertiary/aromatic N) is 1. The third kappa shape index (κ3) is 6.12. The lowest BCUT2D eigenvalue weighted by Crippen LogP contribution is -2.19. The second-order valence-corrected chi connectivity index (χ2v) is 5.49. The topological polar surface area (TPSA) is 76.7 Å². The Morgan fingerprint density at radius 1 is 1.25 bits per heavy atom. The minimum atomic E-state index is -0.175. The number of hydrazone groups is 1. The summed E-state index contributed by atoms with van der Waals surface area (Å²) in [5, 5.41) is 3.99. The summed E-state index contributed by atoms with van der Waals surface area (Å²) in [7, 11) is 0. The fourth-order valence-corrected chi connectivity index (χ4v) is 2.06. The molecule has 0 spiro atoms. The Balaban J connectivity index is 1.83. The van der Waals surface area contributed by atoms with Gasteiger partial charge in [0.1, 0.15) is 5.75 Å². The van der Waals surface area contributed by atoms with Gasteiger partial charge in [-0.05, 0) is 41.8 Å². The van der Waals surface area contributed by atoms with Crippen LogP contribution in [0.3, 0.4) is 0 Å². The molecule has 3 N–H and O–H groups in total. The first-order valence-corrected chi connectivity index (χ1v) is 8.06. The molecule has 0 fully saturated rings. The van der Waals surface area contributed by atoms with E-state index >= 15 is 0 Å². The Kier molecular flexibility index (Phi) is 6.83. The van der Waals surface area contributed by atoms with Crippen LogP contribution in [0.4, 0.5) is 5.69 Å². The van der Waals surface area contributed by atoms with Gasteiger partial charge in [-0.2, -0.15) is 5.10 Å². The van der Waals surface area contributed by atoms with Gasteiger partial charge in [0.25, 0.3) is 0 Å². The maximum absolute atomic E-state index is 11.8. The van der Waals surface area contributed by atoms with Gasteiger partial charge in [-0.15, -0.1) is 0 Å². The number of hydrogen-bond donors (Lipinski definition) is 2. The van der Waals surface area contributed by atoms with Crippen molar-refractivity contribution in [3.05, 3.63) is 59.7 Å². The number of carbonyl (C=O) groups excluding carboxylic acids is 1. The second-order valence-electron chi connectivity index (χ2n) is 5.49. The maximum atomic E-state index is 11.8. The zero-order valence-electron chi connectivity index (χ0n) is 13.9. The van der Waals surface area contributed by atoms with E-state index in [1.54, 1.807) is 18.3 Å². The van der Waals surface area contributed by atoms with Gasteiger partial charge in [0, 0.05) is 5.69 Å². The van der Waals surface area contributed by atoms with Crippen molar-refractivity contribution in [2.24, 2.45) is 5.10 Å². The van der Waals surface area contributed by atoms with Crippen molar-refractivity contribution in [3.8, 4) is 5.75 Å². The molecular weight excluding hydrogens is 302 g/mol. The SMILES string of the molecule is CCCCOc1cccc(/C=N\NC(=O)Cc2ccc(N)cc2)c1. The second kappa shape index (κ2) is 9.35. The molecule has 5 nitrogen and oxygen atoms in total. The Hall–Kier alpha value is -2.82. The van der Waals surface area contributed by atoms with Crippen LogP contribution in [-0.2, 0) is 11.2 Å². The quantitative estimate of drug-likeness (QED) is 0.339. The largest absolute Gasteiger partial charge is 0.494 e. The number of rotatable bonds is 8. The van der Waals surface area contributed by atoms with Crippen LogP contribution in [0, 0.1) is 0 Å². The van der Waals surface area contributed by atoms with Gasteiger partial charge in [0.05, 0.1) is 19.2 Å². The summed E-state index contributed by atoms with van der Waals surface area (Å²) in [6, 6.07) is 14.8. The lowest BCUT2D eigenvalue weighted by atomic mass is 10.1. The zero-order chi connectivity index (χ0) is 17.2. The summed E-state index contributed by atoms with van der Waals surface area (Å²) in [5.41, 5.74) is 10.6. The van der Waals surface area contributed by atoms with Gasteiger partial charge in [-0.25, -0.2) is 5.43 Å². The number of carbonyl (C=O) groups is 1. The molecule has 0 heterocycles. The third-order valence-electron chi connectivity index (χ3n) is 3.37.